The molecule has 1 heterocycles. The van der Waals surface area contributed by atoms with Gasteiger partial charge in [0.2, 0.25) is 11.8 Å². The number of nitrogens with one attached hydrogen (secondary N) is 1. The highest BCUT2D eigenvalue weighted by Crippen LogP contribution is 2.18. The molecule has 136 valence electrons. The zero-order valence-electron chi connectivity index (χ0n) is 14.4. The first-order valence-corrected chi connectivity index (χ1v) is 9.44. The summed E-state index contributed by atoms with van der Waals surface area (Å²) in [5.74, 6) is 0.833. The van der Waals surface area contributed by atoms with Crippen LogP contribution in [0.2, 0.25) is 0 Å². The van der Waals surface area contributed by atoms with Crippen LogP contribution in [-0.2, 0) is 16.1 Å². The van der Waals surface area contributed by atoms with Crippen LogP contribution in [0.4, 0.5) is 5.69 Å². The highest BCUT2D eigenvalue weighted by molar-refractivity contribution is 9.10. The molecule has 2 aromatic carbocycles. The van der Waals surface area contributed by atoms with Crippen LogP contribution in [-0.4, -0.2) is 29.9 Å². The minimum absolute atomic E-state index is 0.100. The van der Waals surface area contributed by atoms with E-state index in [2.05, 4.69) is 21.2 Å². The molecule has 0 saturated carbocycles. The van der Waals surface area contributed by atoms with Crippen LogP contribution in [0.25, 0.3) is 0 Å². The van der Waals surface area contributed by atoms with Crippen LogP contribution in [0.5, 0.6) is 5.75 Å². The van der Waals surface area contributed by atoms with Crippen LogP contribution in [0.15, 0.2) is 53.0 Å². The number of benzene rings is 2. The minimum Gasteiger partial charge on any atom is -0.493 e. The largest absolute Gasteiger partial charge is 0.493 e. The fraction of sp³-hybridized carbons (Fsp3) is 0.300. The zero-order chi connectivity index (χ0) is 18.4. The summed E-state index contributed by atoms with van der Waals surface area (Å²) in [6, 6.07) is 15.1. The average molecular weight is 417 g/mol. The van der Waals surface area contributed by atoms with E-state index in [4.69, 9.17) is 4.74 Å². The SMILES string of the molecule is O=C(CCOc1ccc(Br)cc1)Nc1cccc(CN2CCCC2=O)c1. The number of anilines is 1. The third-order valence-corrected chi connectivity index (χ3v) is 4.70. The molecule has 2 amide bonds. The number of hydrogen-bond donors (Lipinski definition) is 1. The molecule has 0 unspecified atom stereocenters. The van der Waals surface area contributed by atoms with Crippen molar-refractivity contribution in [2.24, 2.45) is 0 Å². The number of carbonyl (C=O) groups is 2. The lowest BCUT2D eigenvalue weighted by molar-refractivity contribution is -0.128. The van der Waals surface area contributed by atoms with Crippen molar-refractivity contribution in [1.29, 1.82) is 0 Å². The zero-order valence-corrected chi connectivity index (χ0v) is 16.0. The first kappa shape index (κ1) is 18.5. The van der Waals surface area contributed by atoms with Crippen molar-refractivity contribution < 1.29 is 14.3 Å². The molecule has 0 spiro atoms. The molecule has 26 heavy (non-hydrogen) atoms. The summed E-state index contributed by atoms with van der Waals surface area (Å²) in [7, 11) is 0. The first-order valence-electron chi connectivity index (χ1n) is 8.65. The Kier molecular flexibility index (Phi) is 6.28. The Morgan fingerprint density at radius 3 is 2.73 bits per heavy atom. The summed E-state index contributed by atoms with van der Waals surface area (Å²) in [6.45, 7) is 1.72. The summed E-state index contributed by atoms with van der Waals surface area (Å²) >= 11 is 3.37. The molecule has 1 fully saturated rings. The van der Waals surface area contributed by atoms with E-state index >= 15 is 0 Å². The van der Waals surface area contributed by atoms with Crippen LogP contribution >= 0.6 is 15.9 Å². The van der Waals surface area contributed by atoms with Gasteiger partial charge in [0.25, 0.3) is 0 Å². The molecule has 1 saturated heterocycles. The van der Waals surface area contributed by atoms with Crippen LogP contribution < -0.4 is 10.1 Å². The Morgan fingerprint density at radius 2 is 2.00 bits per heavy atom. The summed E-state index contributed by atoms with van der Waals surface area (Å²) in [4.78, 5) is 25.7. The van der Waals surface area contributed by atoms with Gasteiger partial charge in [-0.05, 0) is 48.4 Å². The normalized spacial score (nSPS) is 13.7. The Hall–Kier alpha value is -2.34. The second kappa shape index (κ2) is 8.85. The predicted octanol–water partition coefficient (Wildman–Crippen LogP) is 3.98. The Balaban J connectivity index is 1.47. The van der Waals surface area contributed by atoms with Gasteiger partial charge in [-0.15, -0.1) is 0 Å². The summed E-state index contributed by atoms with van der Waals surface area (Å²) in [5.41, 5.74) is 1.76. The van der Waals surface area contributed by atoms with Gasteiger partial charge in [0, 0.05) is 29.7 Å². The van der Waals surface area contributed by atoms with E-state index < -0.39 is 0 Å². The van der Waals surface area contributed by atoms with E-state index in [9.17, 15) is 9.59 Å². The fourth-order valence-electron chi connectivity index (χ4n) is 2.85. The van der Waals surface area contributed by atoms with Crippen LogP contribution in [0, 0.1) is 0 Å². The van der Waals surface area contributed by atoms with Crippen molar-refractivity contribution in [3.05, 3.63) is 58.6 Å². The molecule has 0 aliphatic carbocycles. The van der Waals surface area contributed by atoms with E-state index in [0.717, 1.165) is 34.4 Å². The van der Waals surface area contributed by atoms with Crippen molar-refractivity contribution in [2.75, 3.05) is 18.5 Å². The minimum atomic E-state index is -0.100. The molecule has 0 atom stereocenters. The monoisotopic (exact) mass is 416 g/mol. The molecule has 5 nitrogen and oxygen atoms in total. The molecule has 0 bridgehead atoms. The number of nitrogens with zero attached hydrogens (tertiary/aromatic N) is 1. The smallest absolute Gasteiger partial charge is 0.227 e. The third kappa shape index (κ3) is 5.33. The number of rotatable bonds is 7. The molecule has 3 rings (SSSR count). The van der Waals surface area contributed by atoms with E-state index in [1.807, 2.05) is 53.4 Å². The van der Waals surface area contributed by atoms with Gasteiger partial charge < -0.3 is 15.0 Å². The summed E-state index contributed by atoms with van der Waals surface area (Å²) in [5, 5.41) is 2.88. The first-order chi connectivity index (χ1) is 12.6. The number of hydrogen-bond acceptors (Lipinski definition) is 3. The van der Waals surface area contributed by atoms with Gasteiger partial charge in [-0.1, -0.05) is 28.1 Å². The lowest BCUT2D eigenvalue weighted by Gasteiger charge is -2.16. The van der Waals surface area contributed by atoms with Gasteiger partial charge >= 0.3 is 0 Å². The number of carbonyl (C=O) groups excluding carboxylic acids is 2. The quantitative estimate of drug-likeness (QED) is 0.742. The van der Waals surface area contributed by atoms with Crippen LogP contribution in [0.1, 0.15) is 24.8 Å². The van der Waals surface area contributed by atoms with Gasteiger partial charge in [-0.25, -0.2) is 0 Å². The van der Waals surface area contributed by atoms with E-state index in [-0.39, 0.29) is 18.2 Å². The Labute approximate surface area is 161 Å². The standard InChI is InChI=1S/C20H21BrN2O3/c21-16-6-8-18(9-7-16)26-12-10-19(24)22-17-4-1-3-15(13-17)14-23-11-2-5-20(23)25/h1,3-4,6-9,13H,2,5,10-12,14H2,(H,22,24). The number of likely N-dealkylation sites (tertiary alicyclic amines) is 1. The molecular weight excluding hydrogens is 396 g/mol. The third-order valence-electron chi connectivity index (χ3n) is 4.17. The second-order valence-electron chi connectivity index (χ2n) is 6.22. The van der Waals surface area contributed by atoms with Crippen molar-refractivity contribution >= 4 is 33.4 Å². The van der Waals surface area contributed by atoms with E-state index in [0.29, 0.717) is 19.6 Å². The number of ether oxygens (including phenoxy) is 1. The average Bonchev–Trinajstić information content (AvgIpc) is 3.02. The van der Waals surface area contributed by atoms with E-state index in [1.54, 1.807) is 0 Å². The molecular formula is C20H21BrN2O3. The van der Waals surface area contributed by atoms with Crippen molar-refractivity contribution in [1.82, 2.24) is 4.90 Å². The maximum absolute atomic E-state index is 12.1. The fourth-order valence-corrected chi connectivity index (χ4v) is 3.12. The van der Waals surface area contributed by atoms with Crippen LogP contribution in [0.3, 0.4) is 0 Å². The van der Waals surface area contributed by atoms with E-state index in [1.165, 1.54) is 0 Å². The topological polar surface area (TPSA) is 58.6 Å². The highest BCUT2D eigenvalue weighted by atomic mass is 79.9. The van der Waals surface area contributed by atoms with Gasteiger partial charge in [0.05, 0.1) is 13.0 Å². The maximum Gasteiger partial charge on any atom is 0.227 e. The van der Waals surface area contributed by atoms with Gasteiger partial charge in [0.1, 0.15) is 5.75 Å². The lowest BCUT2D eigenvalue weighted by Crippen LogP contribution is -2.23. The van der Waals surface area contributed by atoms with Gasteiger partial charge in [-0.2, -0.15) is 0 Å². The maximum atomic E-state index is 12.1. The molecule has 2 aromatic rings. The second-order valence-corrected chi connectivity index (χ2v) is 7.14. The number of amides is 2. The van der Waals surface area contributed by atoms with Crippen molar-refractivity contribution in [3.8, 4) is 5.75 Å². The predicted molar refractivity (Wildman–Crippen MR) is 104 cm³/mol. The molecule has 0 radical (unpaired) electrons. The molecule has 1 N–H and O–H groups in total. The lowest BCUT2D eigenvalue weighted by atomic mass is 10.2. The van der Waals surface area contributed by atoms with Crippen molar-refractivity contribution in [2.45, 2.75) is 25.8 Å². The summed E-state index contributed by atoms with van der Waals surface area (Å²) < 4.78 is 6.55. The Morgan fingerprint density at radius 1 is 1.19 bits per heavy atom. The Bertz CT molecular complexity index is 777. The van der Waals surface area contributed by atoms with Gasteiger partial charge in [0.15, 0.2) is 0 Å². The molecule has 1 aliphatic rings. The highest BCUT2D eigenvalue weighted by Gasteiger charge is 2.20. The van der Waals surface area contributed by atoms with Gasteiger partial charge in [-0.3, -0.25) is 9.59 Å². The van der Waals surface area contributed by atoms with Crippen molar-refractivity contribution in [3.63, 3.8) is 0 Å². The molecule has 1 aliphatic heterocycles. The molecule has 6 heteroatoms. The molecule has 0 aromatic heterocycles. The number of halogens is 1. The summed E-state index contributed by atoms with van der Waals surface area (Å²) in [6.07, 6.45) is 1.83.